The minimum absolute atomic E-state index is 0.236. The number of hydrogen-bond acceptors (Lipinski definition) is 5. The quantitative estimate of drug-likeness (QED) is 0.606. The van der Waals surface area contributed by atoms with Crippen LogP contribution in [0.25, 0.3) is 22.0 Å². The molecule has 1 N–H and O–H groups in total. The van der Waals surface area contributed by atoms with Gasteiger partial charge in [0, 0.05) is 17.8 Å². The number of benzene rings is 2. The molecule has 1 aliphatic heterocycles. The number of carbonyl (C=O) groups excluding carboxylic acids is 1. The third kappa shape index (κ3) is 4.55. The van der Waals surface area contributed by atoms with Gasteiger partial charge in [-0.1, -0.05) is 29.3 Å². The van der Waals surface area contributed by atoms with Crippen molar-refractivity contribution in [2.75, 3.05) is 33.9 Å². The van der Waals surface area contributed by atoms with Crippen LogP contribution >= 0.6 is 0 Å². The first-order valence-corrected chi connectivity index (χ1v) is 11.0. The number of ether oxygens (including phenoxy) is 2. The Labute approximate surface area is 188 Å². The van der Waals surface area contributed by atoms with Crippen LogP contribution in [-0.4, -0.2) is 49.7 Å². The number of fused-ring (bicyclic) bond motifs is 1. The summed E-state index contributed by atoms with van der Waals surface area (Å²) in [4.78, 5) is 30.5. The van der Waals surface area contributed by atoms with Gasteiger partial charge < -0.3 is 19.4 Å². The number of aromatic nitrogens is 1. The lowest BCUT2D eigenvalue weighted by molar-refractivity contribution is 0.0601. The molecule has 1 saturated heterocycles. The number of aromatic amines is 1. The number of pyridine rings is 1. The molecule has 168 valence electrons. The van der Waals surface area contributed by atoms with Crippen molar-refractivity contribution in [3.63, 3.8) is 0 Å². The van der Waals surface area contributed by atoms with Gasteiger partial charge in [0.15, 0.2) is 0 Å². The molecule has 2 aromatic carbocycles. The van der Waals surface area contributed by atoms with Crippen LogP contribution in [0.15, 0.2) is 41.2 Å². The molecule has 1 aromatic heterocycles. The number of rotatable bonds is 5. The normalized spacial score (nSPS) is 16.8. The fraction of sp³-hybridized carbons (Fsp3) is 0.385. The van der Waals surface area contributed by atoms with Gasteiger partial charge in [0.25, 0.3) is 5.56 Å². The average molecular weight is 435 g/mol. The summed E-state index contributed by atoms with van der Waals surface area (Å²) < 4.78 is 11.3. The van der Waals surface area contributed by atoms with Crippen molar-refractivity contribution in [1.82, 2.24) is 9.88 Å². The van der Waals surface area contributed by atoms with Gasteiger partial charge in [-0.3, -0.25) is 4.79 Å². The Morgan fingerprint density at radius 2 is 1.91 bits per heavy atom. The molecule has 0 radical (unpaired) electrons. The molecule has 0 amide bonds. The minimum atomic E-state index is -0.446. The van der Waals surface area contributed by atoms with E-state index >= 15 is 0 Å². The molecule has 0 aliphatic carbocycles. The molecule has 4 rings (SSSR count). The number of aryl methyl sites for hydroxylation is 2. The third-order valence-electron chi connectivity index (χ3n) is 6.08. The fourth-order valence-corrected chi connectivity index (χ4v) is 4.65. The Morgan fingerprint density at radius 3 is 2.59 bits per heavy atom. The van der Waals surface area contributed by atoms with Gasteiger partial charge in [-0.25, -0.2) is 4.79 Å². The predicted octanol–water partition coefficient (Wildman–Crippen LogP) is 4.32. The summed E-state index contributed by atoms with van der Waals surface area (Å²) in [5, 5.41) is 0.774. The molecule has 0 saturated carbocycles. The van der Waals surface area contributed by atoms with Gasteiger partial charge >= 0.3 is 5.97 Å². The number of H-pyrrole nitrogens is 1. The van der Waals surface area contributed by atoms with Crippen LogP contribution in [0.1, 0.15) is 34.3 Å². The highest BCUT2D eigenvalue weighted by atomic mass is 16.5. The molecular formula is C26H30N2O4. The Balaban J connectivity index is 1.84. The van der Waals surface area contributed by atoms with Gasteiger partial charge in [-0.2, -0.15) is 0 Å². The first-order valence-electron chi connectivity index (χ1n) is 11.0. The smallest absolute Gasteiger partial charge is 0.337 e. The van der Waals surface area contributed by atoms with E-state index in [0.717, 1.165) is 48.0 Å². The Morgan fingerprint density at radius 1 is 1.16 bits per heavy atom. The molecule has 3 aromatic rings. The number of nitrogens with zero attached hydrogens (tertiary/aromatic N) is 1. The summed E-state index contributed by atoms with van der Waals surface area (Å²) in [5.74, 6) is 0.529. The van der Waals surface area contributed by atoms with Crippen LogP contribution in [0.4, 0.5) is 0 Å². The SMILES string of the molecule is COC(=O)c1ccc2c(OCC3CCCN(C)C3)c(-c3cc(C)cc(C)c3)c(=O)[nH]c2c1. The molecule has 0 bridgehead atoms. The lowest BCUT2D eigenvalue weighted by Crippen LogP contribution is -2.35. The summed E-state index contributed by atoms with van der Waals surface area (Å²) in [7, 11) is 3.47. The number of likely N-dealkylation sites (tertiary alicyclic amines) is 1. The topological polar surface area (TPSA) is 71.6 Å². The van der Waals surface area contributed by atoms with Gasteiger partial charge in [0.05, 0.1) is 30.4 Å². The number of nitrogens with one attached hydrogen (secondary N) is 1. The second kappa shape index (κ2) is 9.17. The van der Waals surface area contributed by atoms with E-state index < -0.39 is 5.97 Å². The molecule has 1 atom stereocenters. The van der Waals surface area contributed by atoms with Crippen molar-refractivity contribution in [2.24, 2.45) is 5.92 Å². The second-order valence-corrected chi connectivity index (χ2v) is 8.87. The summed E-state index contributed by atoms with van der Waals surface area (Å²) in [5.41, 5.74) is 4.23. The molecule has 1 fully saturated rings. The summed E-state index contributed by atoms with van der Waals surface area (Å²) >= 11 is 0. The van der Waals surface area contributed by atoms with E-state index in [2.05, 4.69) is 23.0 Å². The van der Waals surface area contributed by atoms with Crippen LogP contribution in [0.2, 0.25) is 0 Å². The maximum absolute atomic E-state index is 13.3. The molecule has 6 nitrogen and oxygen atoms in total. The molecule has 1 unspecified atom stereocenters. The van der Waals surface area contributed by atoms with E-state index in [1.807, 2.05) is 32.0 Å². The van der Waals surface area contributed by atoms with Crippen molar-refractivity contribution in [1.29, 1.82) is 0 Å². The fourth-order valence-electron chi connectivity index (χ4n) is 4.65. The predicted molar refractivity (Wildman–Crippen MR) is 127 cm³/mol. The van der Waals surface area contributed by atoms with Crippen LogP contribution in [0.3, 0.4) is 0 Å². The van der Waals surface area contributed by atoms with Crippen molar-refractivity contribution in [2.45, 2.75) is 26.7 Å². The van der Waals surface area contributed by atoms with Crippen molar-refractivity contribution in [3.05, 3.63) is 63.4 Å². The van der Waals surface area contributed by atoms with Crippen molar-refractivity contribution >= 4 is 16.9 Å². The number of piperidine rings is 1. The highest BCUT2D eigenvalue weighted by Crippen LogP contribution is 2.35. The summed E-state index contributed by atoms with van der Waals surface area (Å²) in [6, 6.07) is 11.3. The van der Waals surface area contributed by atoms with E-state index in [0.29, 0.717) is 34.9 Å². The Hall–Kier alpha value is -3.12. The number of carbonyl (C=O) groups is 1. The Kier molecular flexibility index (Phi) is 6.33. The Bertz CT molecular complexity index is 1190. The van der Waals surface area contributed by atoms with Crippen molar-refractivity contribution < 1.29 is 14.3 Å². The largest absolute Gasteiger partial charge is 0.492 e. The third-order valence-corrected chi connectivity index (χ3v) is 6.08. The van der Waals surface area contributed by atoms with Crippen LogP contribution < -0.4 is 10.3 Å². The first kappa shape index (κ1) is 22.1. The van der Waals surface area contributed by atoms with E-state index in [1.54, 1.807) is 12.1 Å². The van der Waals surface area contributed by atoms with Gasteiger partial charge in [0.2, 0.25) is 0 Å². The zero-order valence-electron chi connectivity index (χ0n) is 19.2. The number of esters is 1. The lowest BCUT2D eigenvalue weighted by Gasteiger charge is -2.29. The van der Waals surface area contributed by atoms with Gasteiger partial charge in [-0.05, 0) is 64.0 Å². The standard InChI is InChI=1S/C26H30N2O4/c1-16-10-17(2)12-20(11-16)23-24(32-15-18-6-5-9-28(3)14-18)21-8-7-19(26(30)31-4)13-22(21)27-25(23)29/h7-8,10-13,18H,5-6,9,14-15H2,1-4H3,(H,27,29). The molecule has 0 spiro atoms. The zero-order valence-corrected chi connectivity index (χ0v) is 19.2. The average Bonchev–Trinajstić information content (AvgIpc) is 2.75. The van der Waals surface area contributed by atoms with E-state index in [4.69, 9.17) is 9.47 Å². The molecule has 2 heterocycles. The van der Waals surface area contributed by atoms with E-state index in [1.165, 1.54) is 7.11 Å². The van der Waals surface area contributed by atoms with E-state index in [9.17, 15) is 9.59 Å². The van der Waals surface area contributed by atoms with Crippen LogP contribution in [-0.2, 0) is 4.74 Å². The summed E-state index contributed by atoms with van der Waals surface area (Å²) in [6.07, 6.45) is 2.25. The highest BCUT2D eigenvalue weighted by molar-refractivity contribution is 5.98. The number of methoxy groups -OCH3 is 1. The second-order valence-electron chi connectivity index (χ2n) is 8.87. The van der Waals surface area contributed by atoms with Gasteiger partial charge in [-0.15, -0.1) is 0 Å². The lowest BCUT2D eigenvalue weighted by atomic mass is 9.98. The van der Waals surface area contributed by atoms with Crippen LogP contribution in [0.5, 0.6) is 5.75 Å². The number of hydrogen-bond donors (Lipinski definition) is 1. The molecule has 6 heteroatoms. The van der Waals surface area contributed by atoms with Crippen LogP contribution in [0, 0.1) is 19.8 Å². The first-order chi connectivity index (χ1) is 15.4. The minimum Gasteiger partial charge on any atom is -0.492 e. The highest BCUT2D eigenvalue weighted by Gasteiger charge is 2.22. The summed E-state index contributed by atoms with van der Waals surface area (Å²) in [6.45, 7) is 6.67. The van der Waals surface area contributed by atoms with Crippen molar-refractivity contribution in [3.8, 4) is 16.9 Å². The molecule has 32 heavy (non-hydrogen) atoms. The monoisotopic (exact) mass is 434 g/mol. The molecule has 1 aliphatic rings. The molecular weight excluding hydrogens is 404 g/mol. The maximum atomic E-state index is 13.3. The zero-order chi connectivity index (χ0) is 22.8. The van der Waals surface area contributed by atoms with E-state index in [-0.39, 0.29) is 5.56 Å². The van der Waals surface area contributed by atoms with Gasteiger partial charge in [0.1, 0.15) is 5.75 Å². The maximum Gasteiger partial charge on any atom is 0.337 e.